The first-order valence-corrected chi connectivity index (χ1v) is 5.35. The van der Waals surface area contributed by atoms with E-state index in [4.69, 9.17) is 0 Å². The van der Waals surface area contributed by atoms with Crippen molar-refractivity contribution in [3.63, 3.8) is 0 Å². The van der Waals surface area contributed by atoms with Gasteiger partial charge in [-0.1, -0.05) is 0 Å². The van der Waals surface area contributed by atoms with Crippen LogP contribution in [0.1, 0.15) is 6.42 Å². The summed E-state index contributed by atoms with van der Waals surface area (Å²) in [6, 6.07) is -0.894. The standard InChI is InChI=1S/C10H15N3O4/c1-12-7-5(8(14)13(2)10(12)16)4-6(11-7)9(15)17-3/h5-7,11H,4H2,1-3H3. The second kappa shape index (κ2) is 3.99. The van der Waals surface area contributed by atoms with Crippen LogP contribution in [-0.4, -0.2) is 61.1 Å². The Kier molecular flexibility index (Phi) is 2.78. The van der Waals surface area contributed by atoms with Crippen molar-refractivity contribution in [3.05, 3.63) is 0 Å². The fraction of sp³-hybridized carbons (Fsp3) is 0.700. The summed E-state index contributed by atoms with van der Waals surface area (Å²) in [7, 11) is 4.35. The number of urea groups is 1. The second-order valence-electron chi connectivity index (χ2n) is 4.32. The number of esters is 1. The van der Waals surface area contributed by atoms with Gasteiger partial charge in [-0.2, -0.15) is 0 Å². The highest BCUT2D eigenvalue weighted by Crippen LogP contribution is 2.29. The number of carbonyl (C=O) groups excluding carboxylic acids is 3. The number of imide groups is 1. The molecule has 17 heavy (non-hydrogen) atoms. The van der Waals surface area contributed by atoms with Crippen LogP contribution in [0.15, 0.2) is 0 Å². The number of hydrogen-bond donors (Lipinski definition) is 1. The molecule has 2 aliphatic rings. The Morgan fingerprint density at radius 1 is 1.41 bits per heavy atom. The fourth-order valence-corrected chi connectivity index (χ4v) is 2.40. The van der Waals surface area contributed by atoms with Crippen molar-refractivity contribution in [2.75, 3.05) is 21.2 Å². The molecule has 0 spiro atoms. The summed E-state index contributed by atoms with van der Waals surface area (Å²) in [5.41, 5.74) is 0. The molecule has 2 saturated heterocycles. The lowest BCUT2D eigenvalue weighted by Gasteiger charge is -2.38. The molecule has 2 rings (SSSR count). The summed E-state index contributed by atoms with van der Waals surface area (Å²) in [5, 5.41) is 2.96. The van der Waals surface area contributed by atoms with Crippen LogP contribution in [0.4, 0.5) is 4.79 Å². The topological polar surface area (TPSA) is 79.0 Å². The van der Waals surface area contributed by atoms with Crippen molar-refractivity contribution in [1.82, 2.24) is 15.1 Å². The van der Waals surface area contributed by atoms with Gasteiger partial charge in [0.1, 0.15) is 6.04 Å². The van der Waals surface area contributed by atoms with Crippen molar-refractivity contribution in [2.24, 2.45) is 5.92 Å². The molecule has 0 aliphatic carbocycles. The first kappa shape index (κ1) is 11.8. The number of rotatable bonds is 1. The van der Waals surface area contributed by atoms with Gasteiger partial charge < -0.3 is 9.64 Å². The first-order valence-electron chi connectivity index (χ1n) is 5.35. The SMILES string of the molecule is COC(=O)C1CC2C(=O)N(C)C(=O)N(C)C2N1. The predicted molar refractivity (Wildman–Crippen MR) is 56.8 cm³/mol. The second-order valence-corrected chi connectivity index (χ2v) is 4.32. The molecular formula is C10H15N3O4. The molecule has 0 bridgehead atoms. The van der Waals surface area contributed by atoms with Crippen LogP contribution in [-0.2, 0) is 14.3 Å². The van der Waals surface area contributed by atoms with Gasteiger partial charge in [0.05, 0.1) is 19.2 Å². The minimum absolute atomic E-state index is 0.253. The van der Waals surface area contributed by atoms with Gasteiger partial charge in [-0.05, 0) is 6.42 Å². The lowest BCUT2D eigenvalue weighted by atomic mass is 9.99. The van der Waals surface area contributed by atoms with Gasteiger partial charge in [0.2, 0.25) is 5.91 Å². The Hall–Kier alpha value is -1.63. The highest BCUT2D eigenvalue weighted by molar-refractivity contribution is 5.99. The van der Waals surface area contributed by atoms with Crippen LogP contribution in [0.25, 0.3) is 0 Å². The monoisotopic (exact) mass is 241 g/mol. The van der Waals surface area contributed by atoms with Crippen LogP contribution in [0.5, 0.6) is 0 Å². The zero-order valence-electron chi connectivity index (χ0n) is 9.97. The summed E-state index contributed by atoms with van der Waals surface area (Å²) in [6.45, 7) is 0. The van der Waals surface area contributed by atoms with Crippen molar-refractivity contribution >= 4 is 17.9 Å². The smallest absolute Gasteiger partial charge is 0.327 e. The van der Waals surface area contributed by atoms with E-state index in [-0.39, 0.29) is 17.9 Å². The largest absolute Gasteiger partial charge is 0.468 e. The highest BCUT2D eigenvalue weighted by Gasteiger charge is 2.50. The first-order chi connectivity index (χ1) is 7.97. The maximum absolute atomic E-state index is 11.9. The normalized spacial score (nSPS) is 32.8. The van der Waals surface area contributed by atoms with E-state index in [1.54, 1.807) is 7.05 Å². The zero-order valence-corrected chi connectivity index (χ0v) is 9.97. The highest BCUT2D eigenvalue weighted by atomic mass is 16.5. The number of amides is 3. The third-order valence-electron chi connectivity index (χ3n) is 3.38. The summed E-state index contributed by atoms with van der Waals surface area (Å²) >= 11 is 0. The summed E-state index contributed by atoms with van der Waals surface area (Å²) < 4.78 is 4.63. The third-order valence-corrected chi connectivity index (χ3v) is 3.38. The molecular weight excluding hydrogens is 226 g/mol. The summed E-state index contributed by atoms with van der Waals surface area (Å²) in [4.78, 5) is 37.6. The summed E-state index contributed by atoms with van der Waals surface area (Å²) in [6.07, 6.45) is -0.0618. The number of ether oxygens (including phenoxy) is 1. The molecule has 0 radical (unpaired) electrons. The average molecular weight is 241 g/mol. The van der Waals surface area contributed by atoms with E-state index in [1.165, 1.54) is 19.1 Å². The fourth-order valence-electron chi connectivity index (χ4n) is 2.40. The molecule has 0 aromatic carbocycles. The Bertz CT molecular complexity index is 384. The van der Waals surface area contributed by atoms with Crippen LogP contribution in [0, 0.1) is 5.92 Å². The van der Waals surface area contributed by atoms with E-state index in [0.717, 1.165) is 4.90 Å². The average Bonchev–Trinajstić information content (AvgIpc) is 2.77. The molecule has 2 fully saturated rings. The molecule has 94 valence electrons. The maximum atomic E-state index is 11.9. The number of methoxy groups -OCH3 is 1. The molecule has 2 aliphatic heterocycles. The summed E-state index contributed by atoms with van der Waals surface area (Å²) in [5.74, 6) is -1.04. The van der Waals surface area contributed by atoms with Gasteiger partial charge in [-0.3, -0.25) is 19.8 Å². The molecule has 3 atom stereocenters. The molecule has 7 heteroatoms. The van der Waals surface area contributed by atoms with E-state index < -0.39 is 18.2 Å². The molecule has 0 saturated carbocycles. The molecule has 1 N–H and O–H groups in total. The number of fused-ring (bicyclic) bond motifs is 1. The van der Waals surface area contributed by atoms with Crippen LogP contribution in [0.3, 0.4) is 0 Å². The van der Waals surface area contributed by atoms with Gasteiger partial charge in [0.15, 0.2) is 0 Å². The van der Waals surface area contributed by atoms with E-state index in [1.807, 2.05) is 0 Å². The Morgan fingerprint density at radius 3 is 2.65 bits per heavy atom. The number of nitrogens with one attached hydrogen (secondary N) is 1. The van der Waals surface area contributed by atoms with Gasteiger partial charge in [-0.25, -0.2) is 4.79 Å². The Morgan fingerprint density at radius 2 is 2.06 bits per heavy atom. The number of nitrogens with zero attached hydrogens (tertiary/aromatic N) is 2. The molecule has 3 amide bonds. The molecule has 0 aromatic rings. The number of hydrogen-bond acceptors (Lipinski definition) is 5. The lowest BCUT2D eigenvalue weighted by Crippen LogP contribution is -2.60. The zero-order chi connectivity index (χ0) is 12.7. The van der Waals surface area contributed by atoms with Gasteiger partial charge in [0.25, 0.3) is 0 Å². The molecule has 3 unspecified atom stereocenters. The molecule has 2 heterocycles. The number of carbonyl (C=O) groups is 3. The maximum Gasteiger partial charge on any atom is 0.327 e. The third kappa shape index (κ3) is 1.66. The van der Waals surface area contributed by atoms with E-state index in [0.29, 0.717) is 6.42 Å². The van der Waals surface area contributed by atoms with Crippen molar-refractivity contribution in [2.45, 2.75) is 18.6 Å². The van der Waals surface area contributed by atoms with E-state index >= 15 is 0 Å². The Balaban J connectivity index is 2.21. The van der Waals surface area contributed by atoms with Gasteiger partial charge >= 0.3 is 12.0 Å². The van der Waals surface area contributed by atoms with Crippen molar-refractivity contribution in [3.8, 4) is 0 Å². The van der Waals surface area contributed by atoms with Crippen LogP contribution in [0.2, 0.25) is 0 Å². The van der Waals surface area contributed by atoms with Gasteiger partial charge in [0, 0.05) is 14.1 Å². The lowest BCUT2D eigenvalue weighted by molar-refractivity contribution is -0.142. The van der Waals surface area contributed by atoms with Crippen molar-refractivity contribution < 1.29 is 19.1 Å². The van der Waals surface area contributed by atoms with Crippen molar-refractivity contribution in [1.29, 1.82) is 0 Å². The molecule has 0 aromatic heterocycles. The van der Waals surface area contributed by atoms with E-state index in [2.05, 4.69) is 10.1 Å². The van der Waals surface area contributed by atoms with Crippen LogP contribution >= 0.6 is 0 Å². The van der Waals surface area contributed by atoms with E-state index in [9.17, 15) is 14.4 Å². The predicted octanol–water partition coefficient (Wildman–Crippen LogP) is -1.01. The van der Waals surface area contributed by atoms with Gasteiger partial charge in [-0.15, -0.1) is 0 Å². The van der Waals surface area contributed by atoms with Crippen LogP contribution < -0.4 is 5.32 Å². The minimum atomic E-state index is -0.527. The Labute approximate surface area is 98.7 Å². The molecule has 7 nitrogen and oxygen atoms in total. The quantitative estimate of drug-likeness (QED) is 0.595. The minimum Gasteiger partial charge on any atom is -0.468 e.